The standard InChI is InChI=1S/C21H15N3.C2H6OS.Cu.2NO3.H2O/c1-2-8-16(9-3-1)17-14-20(18-10-4-6-12-22-18)24-21(15-17)19-11-5-7-13-23-19;1-4(2)3;;2*2-1(3)4;/h1-15H;1-2H3;;;;1H2/q;;+2;2*-1;/p+1. The molecule has 0 amide bonds. The molecule has 4 aromatic rings. The monoisotopic (exact) mass is 593 g/mol. The molecular weight excluding hydrogens is 570 g/mol. The van der Waals surface area contributed by atoms with Crippen molar-refractivity contribution in [3.63, 3.8) is 0 Å². The van der Waals surface area contributed by atoms with Crippen LogP contribution >= 0.6 is 0 Å². The average molecular weight is 594 g/mol. The molecule has 0 spiro atoms. The molecular formula is C23H24CuN5O8S+. The summed E-state index contributed by atoms with van der Waals surface area (Å²) in [7, 11) is -0.611. The Morgan fingerprint density at radius 3 is 1.29 bits per heavy atom. The Morgan fingerprint density at radius 1 is 0.632 bits per heavy atom. The minimum absolute atomic E-state index is 0. The quantitative estimate of drug-likeness (QED) is 0.145. The van der Waals surface area contributed by atoms with Gasteiger partial charge in [-0.1, -0.05) is 42.5 Å². The van der Waals surface area contributed by atoms with E-state index in [1.807, 2.05) is 54.6 Å². The van der Waals surface area contributed by atoms with Crippen LogP contribution in [0.25, 0.3) is 33.9 Å². The molecule has 0 aliphatic rings. The summed E-state index contributed by atoms with van der Waals surface area (Å²) >= 11 is 0. The van der Waals surface area contributed by atoms with E-state index >= 15 is 0 Å². The molecule has 13 nitrogen and oxygen atoms in total. The summed E-state index contributed by atoms with van der Waals surface area (Å²) < 4.78 is 9.56. The van der Waals surface area contributed by atoms with Crippen LogP contribution in [0.3, 0.4) is 0 Å². The molecule has 0 bridgehead atoms. The molecule has 38 heavy (non-hydrogen) atoms. The van der Waals surface area contributed by atoms with Crippen molar-refractivity contribution >= 4 is 10.8 Å². The van der Waals surface area contributed by atoms with Crippen LogP contribution in [0, 0.1) is 30.6 Å². The minimum atomic E-state index is -1.75. The Balaban J connectivity index is 0. The topological polar surface area (TPSA) is 221 Å². The largest absolute Gasteiger partial charge is 2.00 e. The summed E-state index contributed by atoms with van der Waals surface area (Å²) in [6, 6.07) is 26.1. The molecule has 0 atom stereocenters. The maximum Gasteiger partial charge on any atom is 2.00 e. The number of aromatic nitrogens is 3. The number of pyridine rings is 3. The van der Waals surface area contributed by atoms with Gasteiger partial charge in [-0.25, -0.2) is 4.98 Å². The van der Waals surface area contributed by atoms with Gasteiger partial charge in [-0.2, -0.15) is 0 Å². The Hall–Kier alpha value is -4.30. The second-order valence-electron chi connectivity index (χ2n) is 6.61. The molecule has 3 N–H and O–H groups in total. The smallest absolute Gasteiger partial charge is 0.457 e. The summed E-state index contributed by atoms with van der Waals surface area (Å²) in [5, 5.41) is 29.5. The zero-order valence-electron chi connectivity index (χ0n) is 20.0. The normalized spacial score (nSPS) is 8.82. The molecule has 0 aliphatic heterocycles. The van der Waals surface area contributed by atoms with Gasteiger partial charge in [-0.05, 0) is 47.5 Å². The van der Waals surface area contributed by atoms with E-state index in [2.05, 4.69) is 34.2 Å². The maximum atomic E-state index is 9.56. The van der Waals surface area contributed by atoms with Crippen molar-refractivity contribution in [2.75, 3.05) is 12.5 Å². The Labute approximate surface area is 230 Å². The van der Waals surface area contributed by atoms with Gasteiger partial charge in [-0.3, -0.25) is 14.2 Å². The first-order valence-corrected chi connectivity index (χ1v) is 11.8. The van der Waals surface area contributed by atoms with Crippen molar-refractivity contribution < 1.29 is 36.9 Å². The van der Waals surface area contributed by atoms with Crippen molar-refractivity contribution in [3.05, 3.63) is 122 Å². The van der Waals surface area contributed by atoms with E-state index in [4.69, 9.17) is 35.6 Å². The molecule has 1 aromatic carbocycles. The van der Waals surface area contributed by atoms with Gasteiger partial charge in [0, 0.05) is 35.7 Å². The second kappa shape index (κ2) is 19.8. The molecule has 0 saturated carbocycles. The van der Waals surface area contributed by atoms with Gasteiger partial charge in [0.25, 0.3) is 0 Å². The fourth-order valence-corrected chi connectivity index (χ4v) is 2.62. The van der Waals surface area contributed by atoms with Crippen LogP contribution in [0.5, 0.6) is 0 Å². The van der Waals surface area contributed by atoms with Crippen LogP contribution in [0.15, 0.2) is 91.3 Å². The molecule has 0 aliphatic carbocycles. The SMILES string of the molecule is CS(C)=O.O=[N+]([O-])[O-].O=[N+]([O-])[O-].[Cu+2].[OH3+].c1ccc(-c2cc(-c3ccccn3)nc(-c3ccccn3)c2)cc1. The first-order chi connectivity index (χ1) is 17.1. The molecule has 4 rings (SSSR count). The van der Waals surface area contributed by atoms with Crippen LogP contribution in [0.4, 0.5) is 0 Å². The number of benzene rings is 1. The number of hydrogen-bond donors (Lipinski definition) is 0. The van der Waals surface area contributed by atoms with Gasteiger partial charge in [0.1, 0.15) is 0 Å². The minimum Gasteiger partial charge on any atom is -0.457 e. The molecule has 0 saturated heterocycles. The zero-order chi connectivity index (χ0) is 26.9. The summed E-state index contributed by atoms with van der Waals surface area (Å²) in [5.41, 5.74) is 5.65. The fraction of sp³-hybridized carbons (Fsp3) is 0.0870. The van der Waals surface area contributed by atoms with E-state index in [1.165, 1.54) is 0 Å². The second-order valence-corrected chi connectivity index (χ2v) is 8.09. The van der Waals surface area contributed by atoms with Crippen molar-refractivity contribution in [2.24, 2.45) is 0 Å². The molecule has 3 heterocycles. The molecule has 15 heteroatoms. The molecule has 0 fully saturated rings. The van der Waals surface area contributed by atoms with Gasteiger partial charge in [0.15, 0.2) is 0 Å². The number of nitrogens with zero attached hydrogens (tertiary/aromatic N) is 5. The molecule has 1 radical (unpaired) electrons. The number of rotatable bonds is 3. The van der Waals surface area contributed by atoms with Gasteiger partial charge < -0.3 is 36.1 Å². The van der Waals surface area contributed by atoms with Crippen molar-refractivity contribution in [2.45, 2.75) is 0 Å². The van der Waals surface area contributed by atoms with E-state index in [0.717, 1.165) is 33.9 Å². The van der Waals surface area contributed by atoms with E-state index in [1.54, 1.807) is 24.9 Å². The van der Waals surface area contributed by atoms with Crippen LogP contribution < -0.4 is 0 Å². The third-order valence-electron chi connectivity index (χ3n) is 3.79. The van der Waals surface area contributed by atoms with Crippen LogP contribution in [0.2, 0.25) is 0 Å². The van der Waals surface area contributed by atoms with E-state index < -0.39 is 21.0 Å². The van der Waals surface area contributed by atoms with Crippen molar-refractivity contribution in [3.8, 4) is 33.9 Å². The van der Waals surface area contributed by atoms with Crippen molar-refractivity contribution in [1.82, 2.24) is 15.0 Å². The average Bonchev–Trinajstić information content (AvgIpc) is 2.84. The maximum absolute atomic E-state index is 9.56. The predicted molar refractivity (Wildman–Crippen MR) is 142 cm³/mol. The van der Waals surface area contributed by atoms with Crippen molar-refractivity contribution in [1.29, 1.82) is 0 Å². The van der Waals surface area contributed by atoms with E-state index in [-0.39, 0.29) is 22.5 Å². The zero-order valence-corrected chi connectivity index (χ0v) is 21.8. The molecule has 0 unspecified atom stereocenters. The molecule has 3 aromatic heterocycles. The Morgan fingerprint density at radius 2 is 0.974 bits per heavy atom. The molecule has 205 valence electrons. The van der Waals surface area contributed by atoms with Gasteiger partial charge in [0.2, 0.25) is 0 Å². The van der Waals surface area contributed by atoms with Gasteiger partial charge >= 0.3 is 17.1 Å². The summed E-state index contributed by atoms with van der Waals surface area (Å²) in [6.45, 7) is 0. The Bertz CT molecular complexity index is 1080. The van der Waals surface area contributed by atoms with E-state index in [9.17, 15) is 4.21 Å². The van der Waals surface area contributed by atoms with Crippen LogP contribution in [-0.2, 0) is 33.3 Å². The van der Waals surface area contributed by atoms with E-state index in [0.29, 0.717) is 0 Å². The first-order valence-electron chi connectivity index (χ1n) is 9.88. The Kier molecular flexibility index (Phi) is 18.7. The summed E-state index contributed by atoms with van der Waals surface area (Å²) in [5.74, 6) is 0. The summed E-state index contributed by atoms with van der Waals surface area (Å²) in [4.78, 5) is 30.1. The van der Waals surface area contributed by atoms with Gasteiger partial charge in [0.05, 0.1) is 32.9 Å². The van der Waals surface area contributed by atoms with Crippen LogP contribution in [0.1, 0.15) is 0 Å². The summed E-state index contributed by atoms with van der Waals surface area (Å²) in [6.07, 6.45) is 6.85. The fourth-order valence-electron chi connectivity index (χ4n) is 2.62. The van der Waals surface area contributed by atoms with Crippen LogP contribution in [-0.4, -0.2) is 41.8 Å². The predicted octanol–water partition coefficient (Wildman–Crippen LogP) is 3.46. The van der Waals surface area contributed by atoms with Gasteiger partial charge in [-0.15, -0.1) is 0 Å². The third kappa shape index (κ3) is 15.6. The third-order valence-corrected chi connectivity index (χ3v) is 3.79. The first kappa shape index (κ1) is 35.9. The number of hydrogen-bond acceptors (Lipinski definition) is 10.